The van der Waals surface area contributed by atoms with Gasteiger partial charge in [-0.15, -0.1) is 11.3 Å². The fraction of sp³-hybridized carbons (Fsp3) is 0.421. The van der Waals surface area contributed by atoms with Crippen LogP contribution in [0.15, 0.2) is 30.5 Å². The molecule has 0 saturated carbocycles. The van der Waals surface area contributed by atoms with Gasteiger partial charge in [0, 0.05) is 24.2 Å². The molecule has 0 saturated heterocycles. The topological polar surface area (TPSA) is 71.5 Å². The van der Waals surface area contributed by atoms with Crippen LogP contribution in [0, 0.1) is 0 Å². The molecule has 2 aromatic rings. The van der Waals surface area contributed by atoms with Crippen molar-refractivity contribution in [2.24, 2.45) is 0 Å². The first-order chi connectivity index (χ1) is 12.4. The van der Waals surface area contributed by atoms with Crippen LogP contribution in [0.1, 0.15) is 39.7 Å². The van der Waals surface area contributed by atoms with E-state index in [-0.39, 0.29) is 17.9 Å². The minimum absolute atomic E-state index is 0.0372. The number of thiazole rings is 1. The standard InChI is InChI=1S/C19H25N3O3S/c1-5-17-20-11-16(26-17)12-22(3)13(2)18(23)21-10-14-6-8-15(9-7-14)19(24)25-4/h6-9,11,13H,5,10,12H2,1-4H3,(H,21,23). The lowest BCUT2D eigenvalue weighted by molar-refractivity contribution is -0.125. The predicted octanol–water partition coefficient (Wildman–Crippen LogP) is 2.63. The molecular formula is C19H25N3O3S. The molecule has 0 bridgehead atoms. The Kier molecular flexibility index (Phi) is 7.29. The van der Waals surface area contributed by atoms with E-state index < -0.39 is 0 Å². The van der Waals surface area contributed by atoms with Crippen LogP contribution in [-0.4, -0.2) is 42.0 Å². The fourth-order valence-corrected chi connectivity index (χ4v) is 3.31. The Morgan fingerprint density at radius 3 is 2.58 bits per heavy atom. The van der Waals surface area contributed by atoms with Gasteiger partial charge in [-0.05, 0) is 38.1 Å². The number of rotatable bonds is 8. The number of hydrogen-bond acceptors (Lipinski definition) is 6. The first-order valence-corrected chi connectivity index (χ1v) is 9.35. The van der Waals surface area contributed by atoms with Crippen molar-refractivity contribution in [1.29, 1.82) is 0 Å². The van der Waals surface area contributed by atoms with E-state index in [9.17, 15) is 9.59 Å². The number of nitrogens with one attached hydrogen (secondary N) is 1. The van der Waals surface area contributed by atoms with Crippen molar-refractivity contribution >= 4 is 23.2 Å². The quantitative estimate of drug-likeness (QED) is 0.718. The lowest BCUT2D eigenvalue weighted by Gasteiger charge is -2.23. The van der Waals surface area contributed by atoms with Crippen LogP contribution < -0.4 is 5.32 Å². The SMILES string of the molecule is CCc1ncc(CN(C)C(C)C(=O)NCc2ccc(C(=O)OC)cc2)s1. The van der Waals surface area contributed by atoms with E-state index in [1.54, 1.807) is 23.5 Å². The van der Waals surface area contributed by atoms with Gasteiger partial charge in [0.15, 0.2) is 0 Å². The minimum atomic E-state index is -0.370. The fourth-order valence-electron chi connectivity index (χ4n) is 2.38. The van der Waals surface area contributed by atoms with Gasteiger partial charge < -0.3 is 10.1 Å². The third kappa shape index (κ3) is 5.37. The third-order valence-corrected chi connectivity index (χ3v) is 5.32. The number of likely N-dealkylation sites (N-methyl/N-ethyl adjacent to an activating group) is 1. The van der Waals surface area contributed by atoms with Crippen LogP contribution in [0.5, 0.6) is 0 Å². The number of benzene rings is 1. The minimum Gasteiger partial charge on any atom is -0.465 e. The zero-order valence-corrected chi connectivity index (χ0v) is 16.4. The lowest BCUT2D eigenvalue weighted by Crippen LogP contribution is -2.42. The molecule has 6 nitrogen and oxygen atoms in total. The van der Waals surface area contributed by atoms with Crippen LogP contribution in [0.25, 0.3) is 0 Å². The summed E-state index contributed by atoms with van der Waals surface area (Å²) >= 11 is 1.68. The number of ether oxygens (including phenoxy) is 1. The summed E-state index contributed by atoms with van der Waals surface area (Å²) < 4.78 is 4.67. The van der Waals surface area contributed by atoms with Gasteiger partial charge in [-0.1, -0.05) is 19.1 Å². The third-order valence-electron chi connectivity index (χ3n) is 4.19. The Bertz CT molecular complexity index is 743. The monoisotopic (exact) mass is 375 g/mol. The van der Waals surface area contributed by atoms with Crippen molar-refractivity contribution in [3.05, 3.63) is 51.5 Å². The Morgan fingerprint density at radius 1 is 1.31 bits per heavy atom. The molecule has 1 unspecified atom stereocenters. The number of amides is 1. The van der Waals surface area contributed by atoms with Crippen molar-refractivity contribution < 1.29 is 14.3 Å². The van der Waals surface area contributed by atoms with Gasteiger partial charge in [-0.2, -0.15) is 0 Å². The molecule has 1 atom stereocenters. The van der Waals surface area contributed by atoms with E-state index in [2.05, 4.69) is 22.0 Å². The summed E-state index contributed by atoms with van der Waals surface area (Å²) in [6, 6.07) is 6.75. The van der Waals surface area contributed by atoms with Crippen molar-refractivity contribution in [2.45, 2.75) is 39.4 Å². The Balaban J connectivity index is 1.85. The van der Waals surface area contributed by atoms with Crippen molar-refractivity contribution in [2.75, 3.05) is 14.2 Å². The molecule has 0 fully saturated rings. The van der Waals surface area contributed by atoms with E-state index in [1.165, 1.54) is 7.11 Å². The average molecular weight is 375 g/mol. The van der Waals surface area contributed by atoms with Crippen LogP contribution in [0.2, 0.25) is 0 Å². The number of aryl methyl sites for hydroxylation is 1. The first-order valence-electron chi connectivity index (χ1n) is 8.53. The second-order valence-electron chi connectivity index (χ2n) is 6.07. The normalized spacial score (nSPS) is 12.0. The number of nitrogens with zero attached hydrogens (tertiary/aromatic N) is 2. The van der Waals surface area contributed by atoms with Crippen LogP contribution >= 0.6 is 11.3 Å². The summed E-state index contributed by atoms with van der Waals surface area (Å²) in [6.07, 6.45) is 2.81. The molecule has 0 radical (unpaired) electrons. The maximum atomic E-state index is 12.4. The van der Waals surface area contributed by atoms with E-state index in [0.29, 0.717) is 18.7 Å². The average Bonchev–Trinajstić information content (AvgIpc) is 3.12. The van der Waals surface area contributed by atoms with Gasteiger partial charge in [0.25, 0.3) is 0 Å². The molecule has 26 heavy (non-hydrogen) atoms. The highest BCUT2D eigenvalue weighted by Crippen LogP contribution is 2.16. The Morgan fingerprint density at radius 2 is 2.00 bits per heavy atom. The molecule has 1 heterocycles. The highest BCUT2D eigenvalue weighted by molar-refractivity contribution is 7.11. The second kappa shape index (κ2) is 9.45. The molecule has 2 rings (SSSR count). The van der Waals surface area contributed by atoms with Gasteiger partial charge >= 0.3 is 5.97 Å². The van der Waals surface area contributed by atoms with Crippen molar-refractivity contribution in [3.8, 4) is 0 Å². The maximum Gasteiger partial charge on any atom is 0.337 e. The second-order valence-corrected chi connectivity index (χ2v) is 7.27. The summed E-state index contributed by atoms with van der Waals surface area (Å²) in [5.41, 5.74) is 1.42. The van der Waals surface area contributed by atoms with E-state index >= 15 is 0 Å². The van der Waals surface area contributed by atoms with Crippen LogP contribution in [0.3, 0.4) is 0 Å². The number of methoxy groups -OCH3 is 1. The van der Waals surface area contributed by atoms with Gasteiger partial charge in [0.05, 0.1) is 23.7 Å². The van der Waals surface area contributed by atoms with Gasteiger partial charge in [0.1, 0.15) is 0 Å². The highest BCUT2D eigenvalue weighted by Gasteiger charge is 2.18. The molecule has 1 aromatic heterocycles. The predicted molar refractivity (Wildman–Crippen MR) is 102 cm³/mol. The zero-order chi connectivity index (χ0) is 19.1. The molecule has 0 aliphatic rings. The molecular weight excluding hydrogens is 350 g/mol. The summed E-state index contributed by atoms with van der Waals surface area (Å²) in [7, 11) is 3.28. The number of hydrogen-bond donors (Lipinski definition) is 1. The molecule has 140 valence electrons. The van der Waals surface area contributed by atoms with E-state index in [4.69, 9.17) is 0 Å². The largest absolute Gasteiger partial charge is 0.465 e. The summed E-state index contributed by atoms with van der Waals surface area (Å²) in [4.78, 5) is 31.3. The number of carbonyl (C=O) groups is 2. The Hall–Kier alpha value is -2.25. The highest BCUT2D eigenvalue weighted by atomic mass is 32.1. The molecule has 0 aliphatic carbocycles. The van der Waals surface area contributed by atoms with Gasteiger partial charge in [0.2, 0.25) is 5.91 Å². The van der Waals surface area contributed by atoms with E-state index in [0.717, 1.165) is 21.9 Å². The summed E-state index contributed by atoms with van der Waals surface area (Å²) in [6.45, 7) is 5.08. The lowest BCUT2D eigenvalue weighted by atomic mass is 10.1. The van der Waals surface area contributed by atoms with Crippen molar-refractivity contribution in [1.82, 2.24) is 15.2 Å². The number of aromatic nitrogens is 1. The maximum absolute atomic E-state index is 12.4. The number of carbonyl (C=O) groups excluding carboxylic acids is 2. The molecule has 1 aromatic carbocycles. The van der Waals surface area contributed by atoms with Gasteiger partial charge in [-0.25, -0.2) is 9.78 Å². The molecule has 1 N–H and O–H groups in total. The zero-order valence-electron chi connectivity index (χ0n) is 15.6. The molecule has 7 heteroatoms. The smallest absolute Gasteiger partial charge is 0.337 e. The van der Waals surface area contributed by atoms with Crippen LogP contribution in [0.4, 0.5) is 0 Å². The summed E-state index contributed by atoms with van der Waals surface area (Å²) in [5, 5.41) is 4.05. The van der Waals surface area contributed by atoms with Crippen molar-refractivity contribution in [3.63, 3.8) is 0 Å². The van der Waals surface area contributed by atoms with E-state index in [1.807, 2.05) is 37.2 Å². The number of esters is 1. The molecule has 0 aliphatic heterocycles. The Labute approximate surface area is 158 Å². The van der Waals surface area contributed by atoms with Crippen LogP contribution in [-0.2, 0) is 29.0 Å². The first kappa shape index (κ1) is 20.1. The van der Waals surface area contributed by atoms with Gasteiger partial charge in [-0.3, -0.25) is 9.69 Å². The molecule has 1 amide bonds. The summed E-state index contributed by atoms with van der Waals surface area (Å²) in [5.74, 6) is -0.407. The molecule has 0 spiro atoms.